The van der Waals surface area contributed by atoms with E-state index in [0.717, 1.165) is 19.5 Å². The van der Waals surface area contributed by atoms with Crippen molar-refractivity contribution in [2.75, 3.05) is 19.7 Å². The summed E-state index contributed by atoms with van der Waals surface area (Å²) in [6, 6.07) is 0. The average Bonchev–Trinajstić information content (AvgIpc) is 2.82. The number of amides is 1. The Hall–Kier alpha value is -1.03. The van der Waals surface area contributed by atoms with E-state index in [4.69, 9.17) is 4.74 Å². The molecule has 4 heteroatoms. The van der Waals surface area contributed by atoms with Gasteiger partial charge in [0.05, 0.1) is 6.61 Å². The van der Waals surface area contributed by atoms with E-state index in [1.807, 2.05) is 23.2 Å². The summed E-state index contributed by atoms with van der Waals surface area (Å²) in [5.74, 6) is 0.554. The van der Waals surface area contributed by atoms with Crippen LogP contribution in [0.25, 0.3) is 0 Å². The third kappa shape index (κ3) is 1.84. The van der Waals surface area contributed by atoms with Crippen molar-refractivity contribution in [3.63, 3.8) is 0 Å². The first-order chi connectivity index (χ1) is 8.29. The van der Waals surface area contributed by atoms with E-state index in [1.54, 1.807) is 5.56 Å². The van der Waals surface area contributed by atoms with Crippen molar-refractivity contribution in [3.05, 3.63) is 21.4 Å². The van der Waals surface area contributed by atoms with Crippen LogP contribution in [0.3, 0.4) is 0 Å². The Morgan fingerprint density at radius 1 is 1.59 bits per heavy atom. The lowest BCUT2D eigenvalue weighted by Gasteiger charge is -2.22. The van der Waals surface area contributed by atoms with Crippen LogP contribution in [0.5, 0.6) is 0 Å². The molecule has 0 aromatic carbocycles. The molecule has 3 nitrogen and oxygen atoms in total. The number of hydrogen-bond donors (Lipinski definition) is 0. The summed E-state index contributed by atoms with van der Waals surface area (Å²) in [6.45, 7) is 3.98. The van der Waals surface area contributed by atoms with Crippen LogP contribution >= 0.6 is 11.3 Å². The Morgan fingerprint density at radius 3 is 3.29 bits per heavy atom. The highest BCUT2D eigenvalue weighted by Crippen LogP contribution is 2.41. The maximum absolute atomic E-state index is 11.8. The lowest BCUT2D eigenvalue weighted by molar-refractivity contribution is 0.106. The Balaban J connectivity index is 1.81. The molecule has 0 fully saturated rings. The van der Waals surface area contributed by atoms with E-state index < -0.39 is 0 Å². The van der Waals surface area contributed by atoms with Gasteiger partial charge >= 0.3 is 6.09 Å². The fraction of sp³-hybridized carbons (Fsp3) is 0.615. The van der Waals surface area contributed by atoms with Gasteiger partial charge in [0.1, 0.15) is 0 Å². The summed E-state index contributed by atoms with van der Waals surface area (Å²) in [4.78, 5) is 15.2. The fourth-order valence-corrected chi connectivity index (χ4v) is 4.12. The zero-order valence-corrected chi connectivity index (χ0v) is 10.9. The molecule has 92 valence electrons. The zero-order valence-electron chi connectivity index (χ0n) is 10.1. The Labute approximate surface area is 105 Å². The summed E-state index contributed by atoms with van der Waals surface area (Å²) in [5, 5.41) is 2.31. The normalized spacial score (nSPS) is 22.2. The van der Waals surface area contributed by atoms with Gasteiger partial charge in [-0.15, -0.1) is 11.3 Å². The number of nitrogens with zero attached hydrogens (tertiary/aromatic N) is 1. The average molecular weight is 251 g/mol. The lowest BCUT2D eigenvalue weighted by Crippen LogP contribution is -2.34. The molecule has 1 aliphatic heterocycles. The number of aryl methyl sites for hydroxylation is 1. The molecule has 1 amide bonds. The van der Waals surface area contributed by atoms with Gasteiger partial charge in [-0.25, -0.2) is 4.79 Å². The minimum absolute atomic E-state index is 0.142. The van der Waals surface area contributed by atoms with Crippen LogP contribution < -0.4 is 0 Å². The molecule has 0 radical (unpaired) electrons. The van der Waals surface area contributed by atoms with E-state index in [-0.39, 0.29) is 6.09 Å². The van der Waals surface area contributed by atoms with Crippen molar-refractivity contribution in [2.24, 2.45) is 0 Å². The number of hydrogen-bond acceptors (Lipinski definition) is 3. The van der Waals surface area contributed by atoms with Crippen molar-refractivity contribution < 1.29 is 9.53 Å². The summed E-state index contributed by atoms with van der Waals surface area (Å²) >= 11 is 1.87. The Kier molecular flexibility index (Phi) is 2.82. The van der Waals surface area contributed by atoms with Gasteiger partial charge in [0.25, 0.3) is 0 Å². The third-order valence-corrected chi connectivity index (χ3v) is 4.85. The van der Waals surface area contributed by atoms with E-state index in [1.165, 1.54) is 23.3 Å². The monoisotopic (exact) mass is 251 g/mol. The zero-order chi connectivity index (χ0) is 11.8. The van der Waals surface area contributed by atoms with Crippen LogP contribution in [-0.2, 0) is 17.6 Å². The van der Waals surface area contributed by atoms with E-state index >= 15 is 0 Å². The first kappa shape index (κ1) is 11.1. The van der Waals surface area contributed by atoms with Gasteiger partial charge in [-0.2, -0.15) is 0 Å². The highest BCUT2D eigenvalue weighted by atomic mass is 32.1. The first-order valence-electron chi connectivity index (χ1n) is 6.30. The maximum atomic E-state index is 11.8. The topological polar surface area (TPSA) is 29.5 Å². The molecule has 0 saturated heterocycles. The molecule has 0 spiro atoms. The molecule has 1 aromatic rings. The molecule has 1 atom stereocenters. The highest BCUT2D eigenvalue weighted by Gasteiger charge is 2.32. The highest BCUT2D eigenvalue weighted by molar-refractivity contribution is 7.10. The van der Waals surface area contributed by atoms with Crippen molar-refractivity contribution in [2.45, 2.75) is 32.1 Å². The quantitative estimate of drug-likeness (QED) is 0.768. The van der Waals surface area contributed by atoms with Crippen molar-refractivity contribution in [1.29, 1.82) is 0 Å². The smallest absolute Gasteiger partial charge is 0.409 e. The second kappa shape index (κ2) is 4.33. The molecule has 1 aromatic heterocycles. The standard InChI is InChI=1S/C13H17NO2S/c1-2-16-13(15)14-6-5-11-12-9(7-14)3-4-10(12)8-17-11/h8-9H,2-7H2,1H3. The summed E-state index contributed by atoms with van der Waals surface area (Å²) in [7, 11) is 0. The van der Waals surface area contributed by atoms with Gasteiger partial charge < -0.3 is 9.64 Å². The van der Waals surface area contributed by atoms with Crippen LogP contribution in [0.2, 0.25) is 0 Å². The molecular weight excluding hydrogens is 234 g/mol. The van der Waals surface area contributed by atoms with E-state index in [9.17, 15) is 4.79 Å². The minimum Gasteiger partial charge on any atom is -0.450 e. The minimum atomic E-state index is -0.142. The third-order valence-electron chi connectivity index (χ3n) is 3.74. The fourth-order valence-electron chi connectivity index (χ4n) is 2.96. The Morgan fingerprint density at radius 2 is 2.47 bits per heavy atom. The number of rotatable bonds is 1. The molecule has 0 bridgehead atoms. The molecule has 3 rings (SSSR count). The summed E-state index contributed by atoms with van der Waals surface area (Å²) in [6.07, 6.45) is 3.24. The predicted octanol–water partition coefficient (Wildman–Crippen LogP) is 2.79. The largest absolute Gasteiger partial charge is 0.450 e. The van der Waals surface area contributed by atoms with Gasteiger partial charge in [0.15, 0.2) is 0 Å². The second-order valence-electron chi connectivity index (χ2n) is 4.73. The van der Waals surface area contributed by atoms with Crippen LogP contribution in [0.1, 0.15) is 35.3 Å². The predicted molar refractivity (Wildman–Crippen MR) is 67.7 cm³/mol. The van der Waals surface area contributed by atoms with Crippen LogP contribution in [-0.4, -0.2) is 30.7 Å². The van der Waals surface area contributed by atoms with Crippen molar-refractivity contribution >= 4 is 17.4 Å². The molecule has 17 heavy (non-hydrogen) atoms. The van der Waals surface area contributed by atoms with Crippen LogP contribution in [0, 0.1) is 0 Å². The van der Waals surface area contributed by atoms with Gasteiger partial charge in [0, 0.05) is 23.9 Å². The van der Waals surface area contributed by atoms with Gasteiger partial charge in [-0.05, 0) is 42.7 Å². The van der Waals surface area contributed by atoms with E-state index in [2.05, 4.69) is 5.38 Å². The van der Waals surface area contributed by atoms with Crippen LogP contribution in [0.15, 0.2) is 5.38 Å². The molecule has 1 aliphatic carbocycles. The van der Waals surface area contributed by atoms with Gasteiger partial charge in [-0.3, -0.25) is 0 Å². The summed E-state index contributed by atoms with van der Waals surface area (Å²) in [5.41, 5.74) is 3.09. The molecular formula is C13H17NO2S. The molecule has 0 N–H and O–H groups in total. The maximum Gasteiger partial charge on any atom is 0.409 e. The number of thiophene rings is 1. The molecule has 1 unspecified atom stereocenters. The molecule has 0 saturated carbocycles. The number of carbonyl (C=O) groups is 1. The van der Waals surface area contributed by atoms with Gasteiger partial charge in [0.2, 0.25) is 0 Å². The van der Waals surface area contributed by atoms with Crippen LogP contribution in [0.4, 0.5) is 4.79 Å². The SMILES string of the molecule is CCOC(=O)N1CCc2scc3c2C(CC3)C1. The number of ether oxygens (including phenoxy) is 1. The Bertz CT molecular complexity index is 441. The second-order valence-corrected chi connectivity index (χ2v) is 5.69. The first-order valence-corrected chi connectivity index (χ1v) is 7.18. The summed E-state index contributed by atoms with van der Waals surface area (Å²) < 4.78 is 5.11. The molecule has 2 heterocycles. The van der Waals surface area contributed by atoms with E-state index in [0.29, 0.717) is 12.5 Å². The number of carbonyl (C=O) groups excluding carboxylic acids is 1. The van der Waals surface area contributed by atoms with Crippen molar-refractivity contribution in [1.82, 2.24) is 4.90 Å². The van der Waals surface area contributed by atoms with Gasteiger partial charge in [-0.1, -0.05) is 0 Å². The van der Waals surface area contributed by atoms with Crippen molar-refractivity contribution in [3.8, 4) is 0 Å². The molecule has 2 aliphatic rings. The lowest BCUT2D eigenvalue weighted by atomic mass is 10.0.